The number of primary amides is 1. The highest BCUT2D eigenvalue weighted by Gasteiger charge is 2.18. The maximum atomic E-state index is 10.9. The summed E-state index contributed by atoms with van der Waals surface area (Å²) >= 11 is 0. The maximum absolute atomic E-state index is 10.9. The van der Waals surface area contributed by atoms with E-state index in [0.29, 0.717) is 13.1 Å². The van der Waals surface area contributed by atoms with Crippen LogP contribution < -0.4 is 21.7 Å². The molecule has 7 nitrogen and oxygen atoms in total. The van der Waals surface area contributed by atoms with Crippen molar-refractivity contribution >= 4 is 11.9 Å². The second-order valence-corrected chi connectivity index (χ2v) is 7.20. The number of hydrogen-bond donors (Lipinski definition) is 5. The van der Waals surface area contributed by atoms with Crippen molar-refractivity contribution in [3.05, 3.63) is 0 Å². The Labute approximate surface area is 165 Å². The van der Waals surface area contributed by atoms with Crippen molar-refractivity contribution in [2.24, 2.45) is 5.73 Å². The van der Waals surface area contributed by atoms with Gasteiger partial charge in [0, 0.05) is 26.2 Å². The van der Waals surface area contributed by atoms with E-state index >= 15 is 0 Å². The Balaban J connectivity index is 3.24. The highest BCUT2D eigenvalue weighted by molar-refractivity contribution is 5.83. The number of carbonyl (C=O) groups excluding carboxylic acids is 1. The number of carboxylic acids is 1. The average molecular weight is 387 g/mol. The first kappa shape index (κ1) is 25.8. The van der Waals surface area contributed by atoms with Crippen molar-refractivity contribution in [1.29, 1.82) is 0 Å². The number of nitrogens with two attached hydrogens (primary N) is 1. The summed E-state index contributed by atoms with van der Waals surface area (Å²) in [6.07, 6.45) is 13.3. The number of aliphatic carboxylic acids is 1. The van der Waals surface area contributed by atoms with E-state index in [-0.39, 0.29) is 6.42 Å². The van der Waals surface area contributed by atoms with Crippen molar-refractivity contribution in [2.45, 2.75) is 83.6 Å². The molecule has 1 atom stereocenters. The Morgan fingerprint density at radius 1 is 0.778 bits per heavy atom. The number of nitrogens with one attached hydrogen (secondary N) is 3. The summed E-state index contributed by atoms with van der Waals surface area (Å²) < 4.78 is 0. The van der Waals surface area contributed by atoms with Gasteiger partial charge in [-0.3, -0.25) is 9.59 Å². The standard InChI is InChI=1S/C20H42N4O3/c1-2-3-4-5-6-7-8-9-10-11-12-22-13-14-23-15-16-24-18(20(26)27)17-19(21)25/h18,22-24H,2-17H2,1H3,(H2,21,25)(H,26,27)/t18-/m0/s1. The quantitative estimate of drug-likeness (QED) is 0.193. The molecule has 0 rings (SSSR count). The van der Waals surface area contributed by atoms with Gasteiger partial charge in [-0.2, -0.15) is 0 Å². The number of carboxylic acid groups (broad SMARTS) is 1. The SMILES string of the molecule is CCCCCCCCCCCCNCCNCCN[C@@H](CC(N)=O)C(=O)O. The minimum Gasteiger partial charge on any atom is -0.480 e. The van der Waals surface area contributed by atoms with Crippen molar-refractivity contribution in [2.75, 3.05) is 32.7 Å². The van der Waals surface area contributed by atoms with E-state index < -0.39 is 17.9 Å². The molecule has 27 heavy (non-hydrogen) atoms. The lowest BCUT2D eigenvalue weighted by molar-refractivity contribution is -0.141. The molecule has 0 aliphatic carbocycles. The summed E-state index contributed by atoms with van der Waals surface area (Å²) in [6, 6.07) is -0.904. The third-order valence-corrected chi connectivity index (χ3v) is 4.58. The molecule has 0 aromatic heterocycles. The Morgan fingerprint density at radius 3 is 1.78 bits per heavy atom. The van der Waals surface area contributed by atoms with E-state index in [2.05, 4.69) is 22.9 Å². The van der Waals surface area contributed by atoms with Crippen LogP contribution in [0.2, 0.25) is 0 Å². The summed E-state index contributed by atoms with van der Waals surface area (Å²) in [7, 11) is 0. The highest BCUT2D eigenvalue weighted by atomic mass is 16.4. The molecule has 0 saturated carbocycles. The molecule has 0 aliphatic heterocycles. The number of rotatable bonds is 21. The normalized spacial score (nSPS) is 12.2. The summed E-state index contributed by atoms with van der Waals surface area (Å²) in [5.41, 5.74) is 5.03. The highest BCUT2D eigenvalue weighted by Crippen LogP contribution is 2.10. The molecule has 0 unspecified atom stereocenters. The summed E-state index contributed by atoms with van der Waals surface area (Å²) in [5.74, 6) is -1.66. The van der Waals surface area contributed by atoms with E-state index in [1.54, 1.807) is 0 Å². The van der Waals surface area contributed by atoms with Crippen LogP contribution in [0.4, 0.5) is 0 Å². The molecular formula is C20H42N4O3. The van der Waals surface area contributed by atoms with Crippen LogP contribution in [0.25, 0.3) is 0 Å². The third kappa shape index (κ3) is 19.4. The van der Waals surface area contributed by atoms with E-state index in [1.165, 1.54) is 64.2 Å². The molecule has 0 aromatic rings. The maximum Gasteiger partial charge on any atom is 0.321 e. The van der Waals surface area contributed by atoms with Gasteiger partial charge in [0.15, 0.2) is 0 Å². The topological polar surface area (TPSA) is 116 Å². The van der Waals surface area contributed by atoms with Gasteiger partial charge in [-0.1, -0.05) is 64.7 Å². The minimum atomic E-state index is -1.05. The zero-order valence-electron chi connectivity index (χ0n) is 17.2. The monoisotopic (exact) mass is 386 g/mol. The molecular weight excluding hydrogens is 344 g/mol. The van der Waals surface area contributed by atoms with Crippen LogP contribution in [-0.4, -0.2) is 55.7 Å². The number of carbonyl (C=O) groups is 2. The van der Waals surface area contributed by atoms with Crippen LogP contribution >= 0.6 is 0 Å². The van der Waals surface area contributed by atoms with Gasteiger partial charge in [-0.05, 0) is 13.0 Å². The van der Waals surface area contributed by atoms with E-state index in [1.807, 2.05) is 0 Å². The average Bonchev–Trinajstić information content (AvgIpc) is 2.62. The van der Waals surface area contributed by atoms with Crippen LogP contribution in [0.15, 0.2) is 0 Å². The number of unbranched alkanes of at least 4 members (excludes halogenated alkanes) is 9. The number of amides is 1. The summed E-state index contributed by atoms with van der Waals surface area (Å²) in [5, 5.41) is 18.4. The molecule has 0 aliphatic rings. The largest absolute Gasteiger partial charge is 0.480 e. The molecule has 0 heterocycles. The fourth-order valence-corrected chi connectivity index (χ4v) is 2.95. The van der Waals surface area contributed by atoms with Crippen LogP contribution in [-0.2, 0) is 9.59 Å². The third-order valence-electron chi connectivity index (χ3n) is 4.58. The molecule has 0 fully saturated rings. The fourth-order valence-electron chi connectivity index (χ4n) is 2.95. The molecule has 7 heteroatoms. The Bertz CT molecular complexity index is 367. The first-order chi connectivity index (χ1) is 13.1. The molecule has 0 bridgehead atoms. The van der Waals surface area contributed by atoms with Gasteiger partial charge in [0.1, 0.15) is 6.04 Å². The number of hydrogen-bond acceptors (Lipinski definition) is 5. The van der Waals surface area contributed by atoms with Gasteiger partial charge >= 0.3 is 5.97 Å². The fraction of sp³-hybridized carbons (Fsp3) is 0.900. The molecule has 0 aromatic carbocycles. The molecule has 0 saturated heterocycles. The predicted molar refractivity (Wildman–Crippen MR) is 111 cm³/mol. The van der Waals surface area contributed by atoms with E-state index in [4.69, 9.17) is 10.8 Å². The van der Waals surface area contributed by atoms with Crippen molar-refractivity contribution in [3.63, 3.8) is 0 Å². The van der Waals surface area contributed by atoms with Crippen molar-refractivity contribution in [3.8, 4) is 0 Å². The van der Waals surface area contributed by atoms with Crippen molar-refractivity contribution < 1.29 is 14.7 Å². The molecule has 160 valence electrons. The molecule has 6 N–H and O–H groups in total. The van der Waals surface area contributed by atoms with Gasteiger partial charge < -0.3 is 26.8 Å². The van der Waals surface area contributed by atoms with E-state index in [9.17, 15) is 9.59 Å². The smallest absolute Gasteiger partial charge is 0.321 e. The summed E-state index contributed by atoms with van der Waals surface area (Å²) in [4.78, 5) is 21.7. The van der Waals surface area contributed by atoms with E-state index in [0.717, 1.165) is 19.6 Å². The first-order valence-corrected chi connectivity index (χ1v) is 10.7. The van der Waals surface area contributed by atoms with Gasteiger partial charge in [-0.15, -0.1) is 0 Å². The van der Waals surface area contributed by atoms with Gasteiger partial charge in [0.25, 0.3) is 0 Å². The Kier molecular flexibility index (Phi) is 18.7. The van der Waals surface area contributed by atoms with Crippen LogP contribution in [0.1, 0.15) is 77.6 Å². The Hall–Kier alpha value is -1.18. The first-order valence-electron chi connectivity index (χ1n) is 10.7. The zero-order valence-corrected chi connectivity index (χ0v) is 17.2. The van der Waals surface area contributed by atoms with Gasteiger partial charge in [0.2, 0.25) is 5.91 Å². The zero-order chi connectivity index (χ0) is 20.2. The minimum absolute atomic E-state index is 0.185. The van der Waals surface area contributed by atoms with Crippen LogP contribution in [0.5, 0.6) is 0 Å². The predicted octanol–water partition coefficient (Wildman–Crippen LogP) is 2.00. The van der Waals surface area contributed by atoms with Crippen molar-refractivity contribution in [1.82, 2.24) is 16.0 Å². The lowest BCUT2D eigenvalue weighted by atomic mass is 10.1. The summed E-state index contributed by atoms with van der Waals surface area (Å²) in [6.45, 7) is 6.20. The second-order valence-electron chi connectivity index (χ2n) is 7.20. The molecule has 1 amide bonds. The van der Waals surface area contributed by atoms with Gasteiger partial charge in [-0.25, -0.2) is 0 Å². The van der Waals surface area contributed by atoms with Crippen LogP contribution in [0, 0.1) is 0 Å². The Morgan fingerprint density at radius 2 is 1.26 bits per heavy atom. The second kappa shape index (κ2) is 19.6. The molecule has 0 radical (unpaired) electrons. The van der Waals surface area contributed by atoms with Crippen LogP contribution in [0.3, 0.4) is 0 Å². The molecule has 0 spiro atoms. The lowest BCUT2D eigenvalue weighted by Crippen LogP contribution is -2.43. The lowest BCUT2D eigenvalue weighted by Gasteiger charge is -2.13. The van der Waals surface area contributed by atoms with Gasteiger partial charge in [0.05, 0.1) is 6.42 Å².